The second kappa shape index (κ2) is 11.9. The molecule has 0 spiro atoms. The van der Waals surface area contributed by atoms with Gasteiger partial charge in [0.25, 0.3) is 0 Å². The summed E-state index contributed by atoms with van der Waals surface area (Å²) in [5, 5.41) is 6.50. The van der Waals surface area contributed by atoms with Gasteiger partial charge in [0.15, 0.2) is 5.96 Å². The number of hydrogen-bond acceptors (Lipinski definition) is 3. The van der Waals surface area contributed by atoms with Crippen LogP contribution in [0.3, 0.4) is 0 Å². The summed E-state index contributed by atoms with van der Waals surface area (Å²) in [7, 11) is -2.93. The van der Waals surface area contributed by atoms with Crippen LogP contribution in [0, 0.1) is 0 Å². The molecule has 0 heterocycles. The van der Waals surface area contributed by atoms with Gasteiger partial charge in [-0.2, -0.15) is 0 Å². The van der Waals surface area contributed by atoms with Crippen molar-refractivity contribution in [3.8, 4) is 0 Å². The highest BCUT2D eigenvalue weighted by Gasteiger charge is 2.13. The van der Waals surface area contributed by atoms with E-state index in [1.807, 2.05) is 13.8 Å². The van der Waals surface area contributed by atoms with Crippen molar-refractivity contribution in [2.24, 2.45) is 4.99 Å². The molecule has 0 aliphatic rings. The molecule has 27 heavy (non-hydrogen) atoms. The van der Waals surface area contributed by atoms with E-state index in [-0.39, 0.29) is 41.2 Å². The molecule has 1 aromatic rings. The van der Waals surface area contributed by atoms with E-state index in [1.165, 1.54) is 17.4 Å². The summed E-state index contributed by atoms with van der Waals surface area (Å²) in [5.41, 5.74) is 2.77. The van der Waals surface area contributed by atoms with Gasteiger partial charge in [-0.25, -0.2) is 8.42 Å². The first-order valence-electron chi connectivity index (χ1n) is 9.33. The van der Waals surface area contributed by atoms with Crippen LogP contribution in [0.2, 0.25) is 0 Å². The standard InChI is InChI=1S/C20H35N3O2S.HI/c1-7-21-19(23-16(2)13-15-26(6,24)25)22-14-12-17-8-10-18(11-9-17)20(3,4)5;/h8-11,16H,7,12-15H2,1-6H3,(H2,21,22,23);1H. The predicted octanol–water partition coefficient (Wildman–Crippen LogP) is 3.52. The molecular weight excluding hydrogens is 473 g/mol. The van der Waals surface area contributed by atoms with Crippen LogP contribution in [0.25, 0.3) is 0 Å². The molecule has 0 fully saturated rings. The summed E-state index contributed by atoms with van der Waals surface area (Å²) < 4.78 is 22.6. The van der Waals surface area contributed by atoms with Crippen molar-refractivity contribution in [3.05, 3.63) is 35.4 Å². The molecule has 1 rings (SSSR count). The predicted molar refractivity (Wildman–Crippen MR) is 127 cm³/mol. The van der Waals surface area contributed by atoms with Crippen molar-refractivity contribution in [2.75, 3.05) is 25.1 Å². The Morgan fingerprint density at radius 3 is 2.26 bits per heavy atom. The van der Waals surface area contributed by atoms with Gasteiger partial charge in [-0.15, -0.1) is 24.0 Å². The van der Waals surface area contributed by atoms with E-state index in [2.05, 4.69) is 60.7 Å². The molecular formula is C20H36IN3O2S. The lowest BCUT2D eigenvalue weighted by Crippen LogP contribution is -2.43. The van der Waals surface area contributed by atoms with Crippen molar-refractivity contribution in [2.45, 2.75) is 58.9 Å². The van der Waals surface area contributed by atoms with E-state index in [0.29, 0.717) is 13.0 Å². The fourth-order valence-electron chi connectivity index (χ4n) is 2.48. The Balaban J connectivity index is 0.00000676. The molecule has 0 aliphatic heterocycles. The number of rotatable bonds is 8. The lowest BCUT2D eigenvalue weighted by Gasteiger charge is -2.19. The minimum atomic E-state index is -2.93. The molecule has 0 aliphatic carbocycles. The van der Waals surface area contributed by atoms with Gasteiger partial charge in [0.2, 0.25) is 0 Å². The number of aliphatic imine (C=N–C) groups is 1. The molecule has 1 unspecified atom stereocenters. The monoisotopic (exact) mass is 509 g/mol. The number of benzene rings is 1. The van der Waals surface area contributed by atoms with Gasteiger partial charge in [-0.1, -0.05) is 45.0 Å². The normalized spacial score (nSPS) is 13.6. The Kier molecular flexibility index (Phi) is 11.5. The Morgan fingerprint density at radius 1 is 1.19 bits per heavy atom. The summed E-state index contributed by atoms with van der Waals surface area (Å²) in [5.74, 6) is 0.917. The maximum atomic E-state index is 11.3. The SMILES string of the molecule is CCNC(=NCCc1ccc(C(C)(C)C)cc1)NC(C)CCS(C)(=O)=O.I. The first-order valence-corrected chi connectivity index (χ1v) is 11.4. The molecule has 0 saturated carbocycles. The van der Waals surface area contributed by atoms with Gasteiger partial charge < -0.3 is 10.6 Å². The third-order valence-electron chi connectivity index (χ3n) is 4.14. The van der Waals surface area contributed by atoms with Crippen molar-refractivity contribution in [3.63, 3.8) is 0 Å². The average Bonchev–Trinajstić information content (AvgIpc) is 2.52. The second-order valence-corrected chi connectivity index (χ2v) is 10.2. The zero-order valence-electron chi connectivity index (χ0n) is 17.5. The number of sulfone groups is 1. The molecule has 1 aromatic carbocycles. The quantitative estimate of drug-likeness (QED) is 0.320. The zero-order chi connectivity index (χ0) is 19.8. The van der Waals surface area contributed by atoms with Crippen LogP contribution in [-0.4, -0.2) is 45.5 Å². The van der Waals surface area contributed by atoms with Gasteiger partial charge in [0.05, 0.1) is 5.75 Å². The Hall–Kier alpha value is -0.830. The lowest BCUT2D eigenvalue weighted by molar-refractivity contribution is 0.581. The molecule has 2 N–H and O–H groups in total. The van der Waals surface area contributed by atoms with Crippen molar-refractivity contribution < 1.29 is 8.42 Å². The fourth-order valence-corrected chi connectivity index (χ4v) is 3.27. The zero-order valence-corrected chi connectivity index (χ0v) is 20.6. The molecule has 5 nitrogen and oxygen atoms in total. The molecule has 1 atom stereocenters. The summed E-state index contributed by atoms with van der Waals surface area (Å²) in [4.78, 5) is 4.61. The van der Waals surface area contributed by atoms with Gasteiger partial charge in [0, 0.05) is 25.4 Å². The van der Waals surface area contributed by atoms with Gasteiger partial charge in [-0.3, -0.25) is 4.99 Å². The Morgan fingerprint density at radius 2 is 1.78 bits per heavy atom. The maximum absolute atomic E-state index is 11.3. The minimum Gasteiger partial charge on any atom is -0.357 e. The summed E-state index contributed by atoms with van der Waals surface area (Å²) in [6.07, 6.45) is 2.71. The first kappa shape index (κ1) is 26.2. The van der Waals surface area contributed by atoms with Crippen LogP contribution in [0.15, 0.2) is 29.3 Å². The Bertz CT molecular complexity index is 680. The minimum absolute atomic E-state index is 0. The van der Waals surface area contributed by atoms with E-state index < -0.39 is 9.84 Å². The van der Waals surface area contributed by atoms with Crippen LogP contribution in [0.4, 0.5) is 0 Å². The van der Waals surface area contributed by atoms with E-state index in [1.54, 1.807) is 0 Å². The smallest absolute Gasteiger partial charge is 0.191 e. The van der Waals surface area contributed by atoms with Gasteiger partial charge in [0.1, 0.15) is 9.84 Å². The highest BCUT2D eigenvalue weighted by Crippen LogP contribution is 2.22. The first-order chi connectivity index (χ1) is 12.0. The third-order valence-corrected chi connectivity index (χ3v) is 5.12. The highest BCUT2D eigenvalue weighted by atomic mass is 127. The summed E-state index contributed by atoms with van der Waals surface area (Å²) >= 11 is 0. The third kappa shape index (κ3) is 11.6. The van der Waals surface area contributed by atoms with E-state index in [4.69, 9.17) is 0 Å². The second-order valence-electron chi connectivity index (χ2n) is 7.92. The van der Waals surface area contributed by atoms with E-state index >= 15 is 0 Å². The lowest BCUT2D eigenvalue weighted by atomic mass is 9.86. The van der Waals surface area contributed by atoms with E-state index in [0.717, 1.165) is 18.9 Å². The van der Waals surface area contributed by atoms with Crippen LogP contribution >= 0.6 is 24.0 Å². The van der Waals surface area contributed by atoms with Crippen LogP contribution in [0.5, 0.6) is 0 Å². The largest absolute Gasteiger partial charge is 0.357 e. The molecule has 0 amide bonds. The molecule has 156 valence electrons. The van der Waals surface area contributed by atoms with Crippen LogP contribution in [0.1, 0.15) is 52.2 Å². The van der Waals surface area contributed by atoms with Crippen molar-refractivity contribution >= 4 is 39.8 Å². The highest BCUT2D eigenvalue weighted by molar-refractivity contribution is 14.0. The number of guanidine groups is 1. The average molecular weight is 509 g/mol. The van der Waals surface area contributed by atoms with E-state index in [9.17, 15) is 8.42 Å². The number of nitrogens with zero attached hydrogens (tertiary/aromatic N) is 1. The van der Waals surface area contributed by atoms with Crippen molar-refractivity contribution in [1.82, 2.24) is 10.6 Å². The molecule has 0 bridgehead atoms. The summed E-state index contributed by atoms with van der Waals surface area (Å²) in [6.45, 7) is 12.1. The molecule has 0 aromatic heterocycles. The maximum Gasteiger partial charge on any atom is 0.191 e. The van der Waals surface area contributed by atoms with Crippen molar-refractivity contribution in [1.29, 1.82) is 0 Å². The van der Waals surface area contributed by atoms with Crippen LogP contribution in [-0.2, 0) is 21.7 Å². The Labute approximate surface area is 182 Å². The van der Waals surface area contributed by atoms with Crippen LogP contribution < -0.4 is 10.6 Å². The van der Waals surface area contributed by atoms with Gasteiger partial charge >= 0.3 is 0 Å². The fraction of sp³-hybridized carbons (Fsp3) is 0.650. The number of nitrogens with one attached hydrogen (secondary N) is 2. The summed E-state index contributed by atoms with van der Waals surface area (Å²) in [6, 6.07) is 8.77. The van der Waals surface area contributed by atoms with Gasteiger partial charge in [-0.05, 0) is 43.2 Å². The molecule has 7 heteroatoms. The molecule has 0 radical (unpaired) electrons. The number of halogens is 1. The molecule has 0 saturated heterocycles. The topological polar surface area (TPSA) is 70.6 Å². The number of hydrogen-bond donors (Lipinski definition) is 2.